The average molecular weight is 1200 g/mol. The second-order valence-corrected chi connectivity index (χ2v) is 20.4. The van der Waals surface area contributed by atoms with Gasteiger partial charge in [-0.3, -0.25) is 14.4 Å². The van der Waals surface area contributed by atoms with Crippen molar-refractivity contribution in [3.05, 3.63) is 0 Å². The molecule has 0 bridgehead atoms. The molecule has 6 aliphatic rings. The van der Waals surface area contributed by atoms with E-state index in [9.17, 15) is 116 Å². The fraction of sp³-hybridized carbons (Fsp3) is 0.911. The Bertz CT molecular complexity index is 2090. The van der Waals surface area contributed by atoms with Gasteiger partial charge in [-0.05, 0) is 0 Å². The minimum atomic E-state index is -3.23. The smallest absolute Gasteiger partial charge is 0.364 e. The summed E-state index contributed by atoms with van der Waals surface area (Å²) in [7, 11) is 0. The molecule has 6 fully saturated rings. The van der Waals surface area contributed by atoms with E-state index in [4.69, 9.17) is 52.1 Å². The van der Waals surface area contributed by atoms with Crippen molar-refractivity contribution in [1.82, 2.24) is 16.0 Å². The van der Waals surface area contributed by atoms with Gasteiger partial charge in [0.25, 0.3) is 5.79 Å². The molecule has 6 heterocycles. The van der Waals surface area contributed by atoms with Crippen molar-refractivity contribution >= 4 is 23.7 Å². The number of ether oxygens (including phenoxy) is 11. The fourth-order valence-electron chi connectivity index (χ4n) is 10.4. The molecule has 0 aromatic carbocycles. The van der Waals surface area contributed by atoms with Gasteiger partial charge in [-0.15, -0.1) is 0 Å². The number of hydrogen-bond acceptors (Lipinski definition) is 33. The van der Waals surface area contributed by atoms with Crippen molar-refractivity contribution in [2.45, 2.75) is 217 Å². The first-order chi connectivity index (χ1) is 38.6. The Morgan fingerprint density at radius 1 is 0.476 bits per heavy atom. The lowest BCUT2D eigenvalue weighted by atomic mass is 9.88. The molecular formula is C45H75N3O34. The molecule has 0 spiro atoms. The Balaban J connectivity index is 1.34. The number of aliphatic carboxylic acids is 1. The highest BCUT2D eigenvalue weighted by atomic mass is 16.8. The van der Waals surface area contributed by atoms with E-state index < -0.39 is 259 Å². The van der Waals surface area contributed by atoms with Crippen LogP contribution in [0.5, 0.6) is 0 Å². The van der Waals surface area contributed by atoms with E-state index in [1.165, 1.54) is 0 Å². The SMILES string of the molecule is CC(=O)N[C@H]1[C@H](O[C@@H]2[C@@H](O)[C@H](O[C@H]3[C@H](O)[C@@H](O)C(O)O[C@@H]3CO)O[C@H](CO)[C@@H]2O[C@@H]2O[C@H](CO)[C@H](O)[C@H](O)[C@H]2NC(C)=O)O[C@H](CO)[C@@H](O[C@@H]2O[C@H](CO)[C@H](O)[C@H](O[C@]3(C(=O)O)C[C@H](O)[C@@H](NC(C)=O)[C@H]([C@H](O)[C@H](O)CO)O3)[C@H]2O)[C@@H]1O. The first-order valence-corrected chi connectivity index (χ1v) is 25.7. The zero-order chi connectivity index (χ0) is 61.0. The Morgan fingerprint density at radius 3 is 1.40 bits per heavy atom. The summed E-state index contributed by atoms with van der Waals surface area (Å²) in [6.07, 6.45) is -57.0. The number of aliphatic hydroxyl groups excluding tert-OH is 18. The highest BCUT2D eigenvalue weighted by Crippen LogP contribution is 2.40. The van der Waals surface area contributed by atoms with Gasteiger partial charge in [-0.1, -0.05) is 0 Å². The molecule has 0 aromatic rings. The van der Waals surface area contributed by atoms with Crippen LogP contribution in [-0.4, -0.2) is 350 Å². The number of nitrogens with one attached hydrogen (secondary N) is 3. The third-order valence-corrected chi connectivity index (χ3v) is 14.6. The third-order valence-electron chi connectivity index (χ3n) is 14.6. The van der Waals surface area contributed by atoms with E-state index in [0.29, 0.717) is 0 Å². The molecule has 1 unspecified atom stereocenters. The Labute approximate surface area is 463 Å². The molecule has 6 saturated heterocycles. The second kappa shape index (κ2) is 28.9. The summed E-state index contributed by atoms with van der Waals surface area (Å²) in [6.45, 7) is -3.69. The number of carboxylic acid groups (broad SMARTS) is 1. The van der Waals surface area contributed by atoms with Crippen LogP contribution in [0.1, 0.15) is 27.2 Å². The van der Waals surface area contributed by atoms with Crippen LogP contribution in [0.4, 0.5) is 0 Å². The Hall–Kier alpha value is -3.28. The van der Waals surface area contributed by atoms with Crippen molar-refractivity contribution in [2.75, 3.05) is 39.6 Å². The summed E-state index contributed by atoms with van der Waals surface area (Å²) in [5.41, 5.74) is 0. The molecule has 37 nitrogen and oxygen atoms in total. The lowest BCUT2D eigenvalue weighted by Crippen LogP contribution is -2.72. The number of carboxylic acids is 1. The molecule has 0 radical (unpaired) electrons. The largest absolute Gasteiger partial charge is 0.477 e. The highest BCUT2D eigenvalue weighted by molar-refractivity contribution is 5.77. The summed E-state index contributed by atoms with van der Waals surface area (Å²) in [5.74, 6) is -7.96. The van der Waals surface area contributed by atoms with Gasteiger partial charge in [0.1, 0.15) is 140 Å². The molecule has 3 amide bonds. The van der Waals surface area contributed by atoms with Gasteiger partial charge in [0.05, 0.1) is 51.8 Å². The topological polar surface area (TPSA) is 590 Å². The number of carbonyl (C=O) groups is 4. The normalized spacial score (nSPS) is 46.3. The molecule has 31 atom stereocenters. The van der Waals surface area contributed by atoms with E-state index >= 15 is 0 Å². The molecule has 0 saturated carbocycles. The lowest BCUT2D eigenvalue weighted by Gasteiger charge is -2.52. The van der Waals surface area contributed by atoms with Crippen molar-refractivity contribution in [3.8, 4) is 0 Å². The quantitative estimate of drug-likeness (QED) is 0.0479. The predicted molar refractivity (Wildman–Crippen MR) is 251 cm³/mol. The standard InChI is InChI=1S/C45H75N3O34/c1-11(55)46-21-14(58)4-45(44(70)71,81-36(21)24(60)15(59)5-49)82-37-26(62)17(7-51)74-42(31(37)67)77-33-19(9-53)75-41(23(28(33)64)48-13(3)57)80-38-32(68)43(78-34-18(8-52)72-39(69)30(66)29(34)65)76-20(10-54)35(38)79-40-22(47-12(2)56)27(63)25(61)16(6-50)73-40/h14-43,49-54,58-69H,4-10H2,1-3H3,(H,46,55)(H,47,56)(H,48,57)(H,70,71)/t14-,15+,16+,17+,18+,19+,20+,21+,22+,23+,24+,25-,26-,27+,28+,29+,30+,31+,32+,33+,34+,35-,36+,37-,38+,39?,40-,41-,42-,43-,45-/m0/s1. The van der Waals surface area contributed by atoms with Gasteiger partial charge >= 0.3 is 5.97 Å². The van der Waals surface area contributed by atoms with Crippen molar-refractivity contribution in [1.29, 1.82) is 0 Å². The van der Waals surface area contributed by atoms with Crippen LogP contribution in [0, 0.1) is 0 Å². The van der Waals surface area contributed by atoms with Gasteiger partial charge in [0.2, 0.25) is 17.7 Å². The lowest BCUT2D eigenvalue weighted by molar-refractivity contribution is -0.397. The molecule has 37 heteroatoms. The van der Waals surface area contributed by atoms with Crippen LogP contribution < -0.4 is 16.0 Å². The van der Waals surface area contributed by atoms with Gasteiger partial charge in [0, 0.05) is 27.2 Å². The van der Waals surface area contributed by atoms with Crippen LogP contribution in [0.2, 0.25) is 0 Å². The summed E-state index contributed by atoms with van der Waals surface area (Å²) in [5, 5.41) is 212. The Kier molecular flexibility index (Phi) is 23.9. The predicted octanol–water partition coefficient (Wildman–Crippen LogP) is -14.5. The van der Waals surface area contributed by atoms with E-state index in [0.717, 1.165) is 20.8 Å². The summed E-state index contributed by atoms with van der Waals surface area (Å²) < 4.78 is 63.8. The summed E-state index contributed by atoms with van der Waals surface area (Å²) in [4.78, 5) is 50.5. The highest BCUT2D eigenvalue weighted by Gasteiger charge is 2.62. The zero-order valence-corrected chi connectivity index (χ0v) is 43.9. The number of rotatable bonds is 22. The minimum absolute atomic E-state index is 0.826. The third kappa shape index (κ3) is 14.6. The number of amides is 3. The number of hydrogen-bond donors (Lipinski definition) is 22. The zero-order valence-electron chi connectivity index (χ0n) is 43.9. The molecule has 6 rings (SSSR count). The van der Waals surface area contributed by atoms with Gasteiger partial charge in [-0.2, -0.15) is 0 Å². The minimum Gasteiger partial charge on any atom is -0.477 e. The average Bonchev–Trinajstić information content (AvgIpc) is 2.47. The molecule has 474 valence electrons. The van der Waals surface area contributed by atoms with Crippen molar-refractivity contribution in [2.24, 2.45) is 0 Å². The van der Waals surface area contributed by atoms with E-state index in [2.05, 4.69) is 16.0 Å². The monoisotopic (exact) mass is 1200 g/mol. The summed E-state index contributed by atoms with van der Waals surface area (Å²) >= 11 is 0. The van der Waals surface area contributed by atoms with Crippen LogP contribution in [0.15, 0.2) is 0 Å². The first kappa shape index (κ1) is 67.8. The van der Waals surface area contributed by atoms with E-state index in [1.807, 2.05) is 0 Å². The molecule has 0 aromatic heterocycles. The summed E-state index contributed by atoms with van der Waals surface area (Å²) in [6, 6.07) is -5.39. The molecule has 82 heavy (non-hydrogen) atoms. The van der Waals surface area contributed by atoms with E-state index in [1.54, 1.807) is 0 Å². The second-order valence-electron chi connectivity index (χ2n) is 20.4. The maximum absolute atomic E-state index is 13.1. The number of aliphatic hydroxyl groups is 18. The number of carbonyl (C=O) groups excluding carboxylic acids is 3. The fourth-order valence-corrected chi connectivity index (χ4v) is 10.4. The van der Waals surface area contributed by atoms with Gasteiger partial charge < -0.3 is 165 Å². The molecule has 6 aliphatic heterocycles. The molecule has 22 N–H and O–H groups in total. The maximum Gasteiger partial charge on any atom is 0.364 e. The van der Waals surface area contributed by atoms with Crippen LogP contribution in [0.3, 0.4) is 0 Å². The molecular weight excluding hydrogens is 1130 g/mol. The van der Waals surface area contributed by atoms with Crippen LogP contribution in [-0.2, 0) is 71.3 Å². The Morgan fingerprint density at radius 2 is 0.890 bits per heavy atom. The van der Waals surface area contributed by atoms with E-state index in [-0.39, 0.29) is 0 Å². The van der Waals surface area contributed by atoms with Gasteiger partial charge in [-0.25, -0.2) is 4.79 Å². The van der Waals surface area contributed by atoms with Crippen molar-refractivity contribution in [3.63, 3.8) is 0 Å². The van der Waals surface area contributed by atoms with Crippen LogP contribution >= 0.6 is 0 Å². The maximum atomic E-state index is 13.1. The van der Waals surface area contributed by atoms with Crippen molar-refractivity contribution < 1.29 is 168 Å². The van der Waals surface area contributed by atoms with Gasteiger partial charge in [0.15, 0.2) is 31.5 Å². The van der Waals surface area contributed by atoms with Crippen LogP contribution in [0.25, 0.3) is 0 Å². The first-order valence-electron chi connectivity index (χ1n) is 25.7. The molecule has 0 aliphatic carbocycles.